The van der Waals surface area contributed by atoms with Crippen molar-refractivity contribution in [2.75, 3.05) is 11.5 Å². The molecule has 0 aliphatic carbocycles. The van der Waals surface area contributed by atoms with Crippen LogP contribution in [0.15, 0.2) is 97.1 Å². The van der Waals surface area contributed by atoms with Crippen molar-refractivity contribution >= 4 is 38.9 Å². The summed E-state index contributed by atoms with van der Waals surface area (Å²) in [7, 11) is 0. The highest BCUT2D eigenvalue weighted by Gasteiger charge is 2.15. The van der Waals surface area contributed by atoms with Crippen LogP contribution in [0.2, 0.25) is 0 Å². The highest BCUT2D eigenvalue weighted by atomic mass is 16.5. The first-order valence-electron chi connectivity index (χ1n) is 12.9. The van der Waals surface area contributed by atoms with Gasteiger partial charge in [-0.25, -0.2) is 0 Å². The van der Waals surface area contributed by atoms with Crippen LogP contribution in [-0.4, -0.2) is 11.6 Å². The number of aromatic amines is 1. The summed E-state index contributed by atoms with van der Waals surface area (Å²) in [5.74, 6) is 1.56. The summed E-state index contributed by atoms with van der Waals surface area (Å²) in [5.41, 5.74) is 5.69. The van der Waals surface area contributed by atoms with Gasteiger partial charge in [0, 0.05) is 38.9 Å². The van der Waals surface area contributed by atoms with Crippen LogP contribution in [-0.2, 0) is 0 Å². The lowest BCUT2D eigenvalue weighted by Gasteiger charge is -2.26. The average molecular weight is 463 g/mol. The molecule has 3 nitrogen and oxygen atoms in total. The van der Waals surface area contributed by atoms with E-state index in [9.17, 15) is 0 Å². The van der Waals surface area contributed by atoms with Gasteiger partial charge < -0.3 is 14.6 Å². The second kappa shape index (κ2) is 10.7. The van der Waals surface area contributed by atoms with Crippen molar-refractivity contribution in [1.29, 1.82) is 0 Å². The Bertz CT molecular complexity index is 1370. The number of aromatic nitrogens is 1. The number of hydrogen-bond acceptors (Lipinski definition) is 2. The molecule has 1 aromatic heterocycles. The number of ether oxygens (including phenoxy) is 1. The maximum absolute atomic E-state index is 6.18. The van der Waals surface area contributed by atoms with E-state index in [1.54, 1.807) is 0 Å². The van der Waals surface area contributed by atoms with Gasteiger partial charge in [0.05, 0.1) is 6.61 Å². The van der Waals surface area contributed by atoms with E-state index in [1.165, 1.54) is 30.0 Å². The standard InChI is InChI=1S/C32H34N2O/c1-3-5-11-24(4-2)23-35-28-19-16-26(17-20-28)34(25-12-7-6-8-13-25)27-18-21-32-30(22-27)29-14-9-10-15-31(29)33-32/h6-10,12-22,24,33H,3-5,11,23H2,1-2H3. The summed E-state index contributed by atoms with van der Waals surface area (Å²) < 4.78 is 6.18. The molecule has 35 heavy (non-hydrogen) atoms. The van der Waals surface area contributed by atoms with E-state index in [4.69, 9.17) is 4.74 Å². The van der Waals surface area contributed by atoms with Gasteiger partial charge in [-0.05, 0) is 73.0 Å². The number of fused-ring (bicyclic) bond motifs is 3. The van der Waals surface area contributed by atoms with E-state index < -0.39 is 0 Å². The summed E-state index contributed by atoms with van der Waals surface area (Å²) in [6, 6.07) is 34.2. The van der Waals surface area contributed by atoms with Crippen molar-refractivity contribution in [3.05, 3.63) is 97.1 Å². The first kappa shape index (κ1) is 23.0. The quantitative estimate of drug-likeness (QED) is 0.224. The van der Waals surface area contributed by atoms with E-state index in [1.807, 2.05) is 0 Å². The summed E-state index contributed by atoms with van der Waals surface area (Å²) in [5, 5.41) is 2.48. The maximum atomic E-state index is 6.18. The van der Waals surface area contributed by atoms with Crippen molar-refractivity contribution < 1.29 is 4.74 Å². The first-order chi connectivity index (χ1) is 17.3. The van der Waals surface area contributed by atoms with Crippen LogP contribution >= 0.6 is 0 Å². The largest absolute Gasteiger partial charge is 0.493 e. The summed E-state index contributed by atoms with van der Waals surface area (Å²) in [6.07, 6.45) is 4.91. The van der Waals surface area contributed by atoms with Crippen LogP contribution < -0.4 is 9.64 Å². The van der Waals surface area contributed by atoms with Crippen molar-refractivity contribution in [1.82, 2.24) is 4.98 Å². The van der Waals surface area contributed by atoms with E-state index in [0.717, 1.165) is 46.9 Å². The highest BCUT2D eigenvalue weighted by Crippen LogP contribution is 2.38. The molecule has 0 bridgehead atoms. The molecule has 3 heteroatoms. The van der Waals surface area contributed by atoms with Gasteiger partial charge >= 0.3 is 0 Å². The third-order valence-corrected chi connectivity index (χ3v) is 6.89. The molecule has 0 radical (unpaired) electrons. The van der Waals surface area contributed by atoms with Gasteiger partial charge in [0.15, 0.2) is 0 Å². The van der Waals surface area contributed by atoms with E-state index in [-0.39, 0.29) is 0 Å². The number of anilines is 3. The Balaban J connectivity index is 1.46. The van der Waals surface area contributed by atoms with Gasteiger partial charge in [-0.15, -0.1) is 0 Å². The van der Waals surface area contributed by atoms with Gasteiger partial charge in [-0.1, -0.05) is 69.5 Å². The number of H-pyrrole nitrogens is 1. The molecule has 1 heterocycles. The minimum atomic E-state index is 0.623. The Hall–Kier alpha value is -3.72. The van der Waals surface area contributed by atoms with Crippen LogP contribution in [0.25, 0.3) is 21.8 Å². The zero-order valence-electron chi connectivity index (χ0n) is 20.7. The summed E-state index contributed by atoms with van der Waals surface area (Å²) in [4.78, 5) is 5.84. The SMILES string of the molecule is CCCCC(CC)COc1ccc(N(c2ccccc2)c2ccc3[nH]c4ccccc4c3c2)cc1. The molecule has 0 fully saturated rings. The molecule has 0 saturated carbocycles. The van der Waals surface area contributed by atoms with Crippen molar-refractivity contribution in [2.24, 2.45) is 5.92 Å². The van der Waals surface area contributed by atoms with E-state index in [0.29, 0.717) is 5.92 Å². The Morgan fingerprint density at radius 2 is 1.40 bits per heavy atom. The zero-order valence-corrected chi connectivity index (χ0v) is 20.7. The number of nitrogens with zero attached hydrogens (tertiary/aromatic N) is 1. The lowest BCUT2D eigenvalue weighted by molar-refractivity contribution is 0.233. The first-order valence-corrected chi connectivity index (χ1v) is 12.9. The number of nitrogens with one attached hydrogen (secondary N) is 1. The molecule has 0 aliphatic heterocycles. The number of rotatable bonds is 10. The van der Waals surface area contributed by atoms with E-state index in [2.05, 4.69) is 121 Å². The molecule has 178 valence electrons. The van der Waals surface area contributed by atoms with Gasteiger partial charge in [-0.2, -0.15) is 0 Å². The number of unbranched alkanes of at least 4 members (excludes halogenated alkanes) is 1. The van der Waals surface area contributed by atoms with Gasteiger partial charge in [-0.3, -0.25) is 0 Å². The number of para-hydroxylation sites is 2. The van der Waals surface area contributed by atoms with Crippen molar-refractivity contribution in [3.8, 4) is 5.75 Å². The normalized spacial score (nSPS) is 12.2. The van der Waals surface area contributed by atoms with Crippen LogP contribution in [0, 0.1) is 5.92 Å². The Labute approximate surface area is 208 Å². The van der Waals surface area contributed by atoms with Crippen molar-refractivity contribution in [3.63, 3.8) is 0 Å². The fraction of sp³-hybridized carbons (Fsp3) is 0.250. The molecular formula is C32H34N2O. The van der Waals surface area contributed by atoms with Crippen LogP contribution in [0.3, 0.4) is 0 Å². The highest BCUT2D eigenvalue weighted by molar-refractivity contribution is 6.08. The van der Waals surface area contributed by atoms with Crippen LogP contribution in [0.4, 0.5) is 17.1 Å². The fourth-order valence-corrected chi connectivity index (χ4v) is 4.80. The fourth-order valence-electron chi connectivity index (χ4n) is 4.80. The number of hydrogen-bond donors (Lipinski definition) is 1. The van der Waals surface area contributed by atoms with Gasteiger partial charge in [0.1, 0.15) is 5.75 Å². The maximum Gasteiger partial charge on any atom is 0.119 e. The molecule has 0 saturated heterocycles. The topological polar surface area (TPSA) is 28.3 Å². The predicted octanol–water partition coefficient (Wildman–Crippen LogP) is 9.39. The predicted molar refractivity (Wildman–Crippen MR) is 149 cm³/mol. The van der Waals surface area contributed by atoms with Crippen LogP contribution in [0.5, 0.6) is 5.75 Å². The average Bonchev–Trinajstić information content (AvgIpc) is 3.28. The molecule has 0 spiro atoms. The molecule has 5 aromatic rings. The summed E-state index contributed by atoms with van der Waals surface area (Å²) in [6.45, 7) is 5.30. The zero-order chi connectivity index (χ0) is 24.0. The van der Waals surface area contributed by atoms with Crippen molar-refractivity contribution in [2.45, 2.75) is 39.5 Å². The molecule has 1 unspecified atom stereocenters. The molecule has 1 atom stereocenters. The molecule has 5 rings (SSSR count). The third-order valence-electron chi connectivity index (χ3n) is 6.89. The summed E-state index contributed by atoms with van der Waals surface area (Å²) >= 11 is 0. The lowest BCUT2D eigenvalue weighted by Crippen LogP contribution is -2.12. The molecule has 0 aliphatic rings. The van der Waals surface area contributed by atoms with Gasteiger partial charge in [0.25, 0.3) is 0 Å². The Morgan fingerprint density at radius 1 is 0.714 bits per heavy atom. The number of benzene rings is 4. The third kappa shape index (κ3) is 5.05. The lowest BCUT2D eigenvalue weighted by atomic mass is 10.0. The smallest absolute Gasteiger partial charge is 0.119 e. The van der Waals surface area contributed by atoms with Crippen LogP contribution in [0.1, 0.15) is 39.5 Å². The monoisotopic (exact) mass is 462 g/mol. The molecule has 4 aromatic carbocycles. The Kier molecular flexibility index (Phi) is 7.04. The molecule has 1 N–H and O–H groups in total. The minimum absolute atomic E-state index is 0.623. The van der Waals surface area contributed by atoms with E-state index >= 15 is 0 Å². The minimum Gasteiger partial charge on any atom is -0.493 e. The second-order valence-corrected chi connectivity index (χ2v) is 9.29. The second-order valence-electron chi connectivity index (χ2n) is 9.29. The molecular weight excluding hydrogens is 428 g/mol. The van der Waals surface area contributed by atoms with Gasteiger partial charge in [0.2, 0.25) is 0 Å². The molecule has 0 amide bonds. The Morgan fingerprint density at radius 3 is 2.17 bits per heavy atom.